The fraction of sp³-hybridized carbons (Fsp3) is 0.562. The number of nitrogens with one attached hydrogen (secondary N) is 2. The average molecular weight is 276 g/mol. The Morgan fingerprint density at radius 2 is 2.15 bits per heavy atom. The van der Waals surface area contributed by atoms with E-state index in [4.69, 9.17) is 4.74 Å². The molecule has 2 rings (SSSR count). The van der Waals surface area contributed by atoms with Crippen molar-refractivity contribution in [2.45, 2.75) is 45.7 Å². The van der Waals surface area contributed by atoms with Gasteiger partial charge >= 0.3 is 0 Å². The maximum absolute atomic E-state index is 12.0. The van der Waals surface area contributed by atoms with Crippen LogP contribution < -0.4 is 15.4 Å². The number of carbonyl (C=O) groups is 1. The van der Waals surface area contributed by atoms with Gasteiger partial charge in [-0.05, 0) is 51.3 Å². The molecule has 1 aromatic carbocycles. The van der Waals surface area contributed by atoms with Crippen molar-refractivity contribution in [2.24, 2.45) is 0 Å². The summed E-state index contributed by atoms with van der Waals surface area (Å²) in [4.78, 5) is 12.0. The lowest BCUT2D eigenvalue weighted by atomic mass is 10.1. The second-order valence-electron chi connectivity index (χ2n) is 5.59. The Labute approximate surface area is 120 Å². The molecule has 0 bridgehead atoms. The largest absolute Gasteiger partial charge is 0.491 e. The minimum absolute atomic E-state index is 0.00362. The normalized spacial score (nSPS) is 19.6. The molecule has 1 aliphatic rings. The predicted octanol–water partition coefficient (Wildman–Crippen LogP) is 1.94. The van der Waals surface area contributed by atoms with Gasteiger partial charge in [-0.3, -0.25) is 4.79 Å². The number of benzene rings is 1. The van der Waals surface area contributed by atoms with E-state index in [1.54, 1.807) is 0 Å². The lowest BCUT2D eigenvalue weighted by Crippen LogP contribution is -2.46. The first kappa shape index (κ1) is 14.9. The van der Waals surface area contributed by atoms with Crippen LogP contribution in [0, 0.1) is 13.8 Å². The number of aryl methyl sites for hydroxylation is 2. The van der Waals surface area contributed by atoms with E-state index in [1.165, 1.54) is 0 Å². The highest BCUT2D eigenvalue weighted by atomic mass is 16.5. The third kappa shape index (κ3) is 3.73. The summed E-state index contributed by atoms with van der Waals surface area (Å²) in [5.74, 6) is 1.01. The second-order valence-corrected chi connectivity index (χ2v) is 5.59. The number of carbonyl (C=O) groups excluding carboxylic acids is 1. The molecule has 0 saturated carbocycles. The summed E-state index contributed by atoms with van der Waals surface area (Å²) in [5, 5.41) is 6.21. The summed E-state index contributed by atoms with van der Waals surface area (Å²) in [7, 11) is 0. The zero-order valence-electron chi connectivity index (χ0n) is 12.5. The molecule has 4 nitrogen and oxygen atoms in total. The van der Waals surface area contributed by atoms with E-state index in [0.29, 0.717) is 6.61 Å². The first-order valence-corrected chi connectivity index (χ1v) is 7.30. The van der Waals surface area contributed by atoms with Crippen molar-refractivity contribution in [3.05, 3.63) is 29.3 Å². The van der Waals surface area contributed by atoms with Crippen molar-refractivity contribution in [3.63, 3.8) is 0 Å². The van der Waals surface area contributed by atoms with Crippen molar-refractivity contribution in [2.75, 3.05) is 13.2 Å². The van der Waals surface area contributed by atoms with Gasteiger partial charge in [-0.2, -0.15) is 0 Å². The third-order valence-corrected chi connectivity index (χ3v) is 3.65. The molecular weight excluding hydrogens is 252 g/mol. The molecule has 0 aliphatic carbocycles. The van der Waals surface area contributed by atoms with E-state index in [2.05, 4.69) is 10.6 Å². The van der Waals surface area contributed by atoms with Gasteiger partial charge in [0.1, 0.15) is 12.4 Å². The fourth-order valence-electron chi connectivity index (χ4n) is 2.53. The van der Waals surface area contributed by atoms with Gasteiger partial charge in [-0.15, -0.1) is 0 Å². The molecule has 1 aliphatic heterocycles. The maximum Gasteiger partial charge on any atom is 0.237 e. The molecule has 0 radical (unpaired) electrons. The van der Waals surface area contributed by atoms with Gasteiger partial charge < -0.3 is 15.4 Å². The molecule has 1 amide bonds. The van der Waals surface area contributed by atoms with Crippen LogP contribution in [0.15, 0.2) is 18.2 Å². The third-order valence-electron chi connectivity index (χ3n) is 3.65. The molecular formula is C16H24N2O2. The first-order valence-electron chi connectivity index (χ1n) is 7.30. The van der Waals surface area contributed by atoms with Gasteiger partial charge in [0.2, 0.25) is 5.91 Å². The van der Waals surface area contributed by atoms with Crippen LogP contribution in [-0.2, 0) is 4.79 Å². The monoisotopic (exact) mass is 276 g/mol. The summed E-state index contributed by atoms with van der Waals surface area (Å²) < 4.78 is 5.86. The van der Waals surface area contributed by atoms with Crippen LogP contribution in [0.3, 0.4) is 0 Å². The lowest BCUT2D eigenvalue weighted by Gasteiger charge is -2.19. The van der Waals surface area contributed by atoms with Crippen LogP contribution in [-0.4, -0.2) is 31.1 Å². The SMILES string of the molecule is Cc1cccc(C)c1OCC(C)NC(=O)[C@@H]1CCCN1. The summed E-state index contributed by atoms with van der Waals surface area (Å²) >= 11 is 0. The van der Waals surface area contributed by atoms with E-state index in [1.807, 2.05) is 39.0 Å². The molecule has 0 spiro atoms. The van der Waals surface area contributed by atoms with E-state index >= 15 is 0 Å². The molecule has 0 aromatic heterocycles. The number of para-hydroxylation sites is 1. The van der Waals surface area contributed by atoms with Gasteiger partial charge in [0, 0.05) is 0 Å². The minimum atomic E-state index is -0.0300. The zero-order valence-corrected chi connectivity index (χ0v) is 12.5. The predicted molar refractivity (Wildman–Crippen MR) is 80.0 cm³/mol. The zero-order chi connectivity index (χ0) is 14.5. The van der Waals surface area contributed by atoms with E-state index < -0.39 is 0 Å². The van der Waals surface area contributed by atoms with Crippen molar-refractivity contribution < 1.29 is 9.53 Å². The van der Waals surface area contributed by atoms with Crippen molar-refractivity contribution in [1.82, 2.24) is 10.6 Å². The van der Waals surface area contributed by atoms with Gasteiger partial charge in [0.05, 0.1) is 12.1 Å². The molecule has 4 heteroatoms. The van der Waals surface area contributed by atoms with Gasteiger partial charge in [-0.25, -0.2) is 0 Å². The molecule has 1 saturated heterocycles. The average Bonchev–Trinajstić information content (AvgIpc) is 2.92. The Morgan fingerprint density at radius 1 is 1.45 bits per heavy atom. The fourth-order valence-corrected chi connectivity index (χ4v) is 2.53. The molecule has 110 valence electrons. The Morgan fingerprint density at radius 3 is 2.75 bits per heavy atom. The lowest BCUT2D eigenvalue weighted by molar-refractivity contribution is -0.123. The van der Waals surface area contributed by atoms with Crippen molar-refractivity contribution >= 4 is 5.91 Å². The molecule has 20 heavy (non-hydrogen) atoms. The van der Waals surface area contributed by atoms with Crippen LogP contribution in [0.5, 0.6) is 5.75 Å². The number of hydrogen-bond donors (Lipinski definition) is 2. The summed E-state index contributed by atoms with van der Waals surface area (Å²) in [6, 6.07) is 6.07. The number of amides is 1. The highest BCUT2D eigenvalue weighted by molar-refractivity contribution is 5.82. The molecule has 2 atom stereocenters. The van der Waals surface area contributed by atoms with Crippen molar-refractivity contribution in [3.8, 4) is 5.75 Å². The number of rotatable bonds is 5. The highest BCUT2D eigenvalue weighted by Crippen LogP contribution is 2.22. The molecule has 1 fully saturated rings. The molecule has 1 aromatic rings. The van der Waals surface area contributed by atoms with E-state index in [-0.39, 0.29) is 18.0 Å². The Kier molecular flexibility index (Phi) is 5.01. The smallest absolute Gasteiger partial charge is 0.237 e. The van der Waals surface area contributed by atoms with Crippen molar-refractivity contribution in [1.29, 1.82) is 0 Å². The number of hydrogen-bond acceptors (Lipinski definition) is 3. The topological polar surface area (TPSA) is 50.4 Å². The Balaban J connectivity index is 1.82. The van der Waals surface area contributed by atoms with Crippen LogP contribution >= 0.6 is 0 Å². The standard InChI is InChI=1S/C16H24N2O2/c1-11-6-4-7-12(2)15(11)20-10-13(3)18-16(19)14-8-5-9-17-14/h4,6-7,13-14,17H,5,8-10H2,1-3H3,(H,18,19)/t13?,14-/m0/s1. The molecule has 1 unspecified atom stereocenters. The quantitative estimate of drug-likeness (QED) is 0.864. The Bertz CT molecular complexity index is 447. The van der Waals surface area contributed by atoms with Gasteiger partial charge in [-0.1, -0.05) is 18.2 Å². The molecule has 2 N–H and O–H groups in total. The van der Waals surface area contributed by atoms with E-state index in [0.717, 1.165) is 36.3 Å². The Hall–Kier alpha value is -1.55. The van der Waals surface area contributed by atoms with Crippen LogP contribution in [0.1, 0.15) is 30.9 Å². The number of ether oxygens (including phenoxy) is 1. The van der Waals surface area contributed by atoms with Crippen LogP contribution in [0.25, 0.3) is 0 Å². The van der Waals surface area contributed by atoms with Gasteiger partial charge in [0.25, 0.3) is 0 Å². The van der Waals surface area contributed by atoms with Crippen LogP contribution in [0.2, 0.25) is 0 Å². The summed E-state index contributed by atoms with van der Waals surface area (Å²) in [6.07, 6.45) is 2.00. The molecule has 1 heterocycles. The highest BCUT2D eigenvalue weighted by Gasteiger charge is 2.23. The summed E-state index contributed by atoms with van der Waals surface area (Å²) in [6.45, 7) is 7.47. The van der Waals surface area contributed by atoms with Gasteiger partial charge in [0.15, 0.2) is 0 Å². The first-order chi connectivity index (χ1) is 9.58. The minimum Gasteiger partial charge on any atom is -0.491 e. The second kappa shape index (κ2) is 6.75. The van der Waals surface area contributed by atoms with E-state index in [9.17, 15) is 4.79 Å². The maximum atomic E-state index is 12.0. The summed E-state index contributed by atoms with van der Waals surface area (Å²) in [5.41, 5.74) is 2.25. The van der Waals surface area contributed by atoms with Crippen LogP contribution in [0.4, 0.5) is 0 Å².